The third-order valence-electron chi connectivity index (χ3n) is 2.06. The van der Waals surface area contributed by atoms with Gasteiger partial charge in [0, 0.05) is 0 Å². The summed E-state index contributed by atoms with van der Waals surface area (Å²) in [5, 5.41) is 4.89. The monoisotopic (exact) mass is 214 g/mol. The van der Waals surface area contributed by atoms with Crippen LogP contribution in [0.2, 0.25) is 0 Å². The molecule has 1 saturated heterocycles. The van der Waals surface area contributed by atoms with Gasteiger partial charge in [0.25, 0.3) is 0 Å². The quantitative estimate of drug-likeness (QED) is 0.460. The Labute approximate surface area is 87.4 Å². The molecule has 6 heteroatoms. The van der Waals surface area contributed by atoms with Gasteiger partial charge < -0.3 is 4.74 Å². The molecule has 15 heavy (non-hydrogen) atoms. The normalized spacial score (nSPS) is 22.4. The second-order valence-electron chi connectivity index (χ2n) is 3.31. The number of rotatable bonds is 4. The maximum atomic E-state index is 11.2. The third-order valence-corrected chi connectivity index (χ3v) is 2.06. The van der Waals surface area contributed by atoms with Crippen LogP contribution in [0.3, 0.4) is 0 Å². The van der Waals surface area contributed by atoms with E-state index in [0.29, 0.717) is 6.61 Å². The minimum absolute atomic E-state index is 0.0720. The number of imide groups is 1. The molecule has 2 unspecified atom stereocenters. The fourth-order valence-corrected chi connectivity index (χ4v) is 1.33. The van der Waals surface area contributed by atoms with E-state index >= 15 is 0 Å². The molecule has 2 atom stereocenters. The zero-order valence-corrected chi connectivity index (χ0v) is 8.70. The van der Waals surface area contributed by atoms with Crippen LogP contribution in [-0.4, -0.2) is 36.5 Å². The Balaban J connectivity index is 2.44. The van der Waals surface area contributed by atoms with Gasteiger partial charge in [0.2, 0.25) is 11.8 Å². The lowest BCUT2D eigenvalue weighted by Gasteiger charge is -2.15. The Morgan fingerprint density at radius 2 is 2.33 bits per heavy atom. The van der Waals surface area contributed by atoms with E-state index in [2.05, 4.69) is 10.6 Å². The lowest BCUT2D eigenvalue weighted by molar-refractivity contribution is -0.145. The van der Waals surface area contributed by atoms with Crippen molar-refractivity contribution >= 4 is 17.8 Å². The number of carbonyl (C=O) groups is 3. The van der Waals surface area contributed by atoms with Crippen LogP contribution in [0.25, 0.3) is 0 Å². The van der Waals surface area contributed by atoms with Crippen molar-refractivity contribution in [1.29, 1.82) is 0 Å². The maximum Gasteiger partial charge on any atom is 0.322 e. The SMILES string of the molecule is CCOC(=O)C(C)NC1CC(=O)NC1=O. The van der Waals surface area contributed by atoms with Gasteiger partial charge in [-0.25, -0.2) is 0 Å². The van der Waals surface area contributed by atoms with Gasteiger partial charge in [0.15, 0.2) is 0 Å². The number of hydrogen-bond donors (Lipinski definition) is 2. The van der Waals surface area contributed by atoms with Crippen LogP contribution >= 0.6 is 0 Å². The molecule has 0 aromatic heterocycles. The van der Waals surface area contributed by atoms with E-state index in [1.807, 2.05) is 0 Å². The highest BCUT2D eigenvalue weighted by Gasteiger charge is 2.32. The zero-order valence-electron chi connectivity index (χ0n) is 8.70. The molecule has 6 nitrogen and oxygen atoms in total. The van der Waals surface area contributed by atoms with E-state index < -0.39 is 24.0 Å². The van der Waals surface area contributed by atoms with Crippen molar-refractivity contribution in [3.05, 3.63) is 0 Å². The molecule has 0 aromatic rings. The predicted molar refractivity (Wildman–Crippen MR) is 50.8 cm³/mol. The van der Waals surface area contributed by atoms with Gasteiger partial charge in [-0.05, 0) is 13.8 Å². The van der Waals surface area contributed by atoms with Crippen LogP contribution in [0.5, 0.6) is 0 Å². The van der Waals surface area contributed by atoms with Gasteiger partial charge in [-0.15, -0.1) is 0 Å². The summed E-state index contributed by atoms with van der Waals surface area (Å²) in [4.78, 5) is 33.2. The Morgan fingerprint density at radius 3 is 2.80 bits per heavy atom. The van der Waals surface area contributed by atoms with E-state index in [0.717, 1.165) is 0 Å². The standard InChI is InChI=1S/C9H14N2O4/c1-3-15-9(14)5(2)10-6-4-7(12)11-8(6)13/h5-6,10H,3-4H2,1-2H3,(H,11,12,13). The molecule has 0 bridgehead atoms. The summed E-state index contributed by atoms with van der Waals surface area (Å²) in [5.74, 6) is -1.14. The van der Waals surface area contributed by atoms with Crippen molar-refractivity contribution < 1.29 is 19.1 Å². The van der Waals surface area contributed by atoms with Crippen LogP contribution in [0.4, 0.5) is 0 Å². The lowest BCUT2D eigenvalue weighted by atomic mass is 10.2. The summed E-state index contributed by atoms with van der Waals surface area (Å²) in [6, 6.07) is -1.22. The van der Waals surface area contributed by atoms with Crippen molar-refractivity contribution in [2.24, 2.45) is 0 Å². The minimum atomic E-state index is -0.628. The van der Waals surface area contributed by atoms with Crippen molar-refractivity contribution in [2.75, 3.05) is 6.61 Å². The zero-order chi connectivity index (χ0) is 11.4. The molecule has 1 fully saturated rings. The molecule has 0 radical (unpaired) electrons. The molecule has 0 aliphatic carbocycles. The van der Waals surface area contributed by atoms with E-state index in [-0.39, 0.29) is 12.3 Å². The summed E-state index contributed by atoms with van der Waals surface area (Å²) >= 11 is 0. The maximum absolute atomic E-state index is 11.2. The Kier molecular flexibility index (Phi) is 3.79. The van der Waals surface area contributed by atoms with Gasteiger partial charge >= 0.3 is 5.97 Å². The number of esters is 1. The van der Waals surface area contributed by atoms with Crippen LogP contribution in [0.15, 0.2) is 0 Å². The topological polar surface area (TPSA) is 84.5 Å². The summed E-state index contributed by atoms with van der Waals surface area (Å²) in [6.07, 6.45) is 0.0720. The van der Waals surface area contributed by atoms with Crippen molar-refractivity contribution in [3.63, 3.8) is 0 Å². The van der Waals surface area contributed by atoms with Crippen molar-refractivity contribution in [1.82, 2.24) is 10.6 Å². The number of hydrogen-bond acceptors (Lipinski definition) is 5. The first-order chi connectivity index (χ1) is 7.04. The number of ether oxygens (including phenoxy) is 1. The van der Waals surface area contributed by atoms with E-state index in [1.165, 1.54) is 0 Å². The Morgan fingerprint density at radius 1 is 1.67 bits per heavy atom. The van der Waals surface area contributed by atoms with Crippen LogP contribution in [0.1, 0.15) is 20.3 Å². The van der Waals surface area contributed by atoms with E-state index in [1.54, 1.807) is 13.8 Å². The summed E-state index contributed by atoms with van der Waals surface area (Å²) in [7, 11) is 0. The van der Waals surface area contributed by atoms with E-state index in [9.17, 15) is 14.4 Å². The molecule has 2 N–H and O–H groups in total. The first-order valence-corrected chi connectivity index (χ1v) is 4.81. The van der Waals surface area contributed by atoms with Gasteiger partial charge in [0.05, 0.1) is 19.1 Å². The Hall–Kier alpha value is -1.43. The van der Waals surface area contributed by atoms with Crippen LogP contribution in [0, 0.1) is 0 Å². The molecule has 0 saturated carbocycles. The predicted octanol–water partition coefficient (Wildman–Crippen LogP) is -1.06. The molecule has 2 amide bonds. The van der Waals surface area contributed by atoms with Crippen LogP contribution < -0.4 is 10.6 Å². The first kappa shape index (κ1) is 11.6. The van der Waals surface area contributed by atoms with Gasteiger partial charge in [-0.2, -0.15) is 0 Å². The molecule has 0 aromatic carbocycles. The van der Waals surface area contributed by atoms with Gasteiger partial charge in [-0.3, -0.25) is 25.0 Å². The molecule has 1 rings (SSSR count). The fourth-order valence-electron chi connectivity index (χ4n) is 1.33. The highest BCUT2D eigenvalue weighted by molar-refractivity contribution is 6.05. The lowest BCUT2D eigenvalue weighted by Crippen LogP contribution is -2.45. The number of nitrogens with one attached hydrogen (secondary N) is 2. The highest BCUT2D eigenvalue weighted by atomic mass is 16.5. The molecular formula is C9H14N2O4. The molecule has 1 aliphatic heterocycles. The summed E-state index contributed by atoms with van der Waals surface area (Å²) in [5.41, 5.74) is 0. The fraction of sp³-hybridized carbons (Fsp3) is 0.667. The smallest absolute Gasteiger partial charge is 0.322 e. The molecular weight excluding hydrogens is 200 g/mol. The molecule has 1 aliphatic rings. The second kappa shape index (κ2) is 4.88. The third kappa shape index (κ3) is 3.02. The largest absolute Gasteiger partial charge is 0.465 e. The minimum Gasteiger partial charge on any atom is -0.465 e. The molecule has 1 heterocycles. The van der Waals surface area contributed by atoms with Gasteiger partial charge in [-0.1, -0.05) is 0 Å². The number of amides is 2. The second-order valence-corrected chi connectivity index (χ2v) is 3.31. The average Bonchev–Trinajstić information content (AvgIpc) is 2.45. The van der Waals surface area contributed by atoms with Crippen LogP contribution in [-0.2, 0) is 19.1 Å². The summed E-state index contributed by atoms with van der Waals surface area (Å²) < 4.78 is 4.76. The number of carbonyl (C=O) groups excluding carboxylic acids is 3. The molecule has 0 spiro atoms. The first-order valence-electron chi connectivity index (χ1n) is 4.81. The van der Waals surface area contributed by atoms with E-state index in [4.69, 9.17) is 4.74 Å². The average molecular weight is 214 g/mol. The van der Waals surface area contributed by atoms with Crippen molar-refractivity contribution in [3.8, 4) is 0 Å². The van der Waals surface area contributed by atoms with Crippen molar-refractivity contribution in [2.45, 2.75) is 32.4 Å². The highest BCUT2D eigenvalue weighted by Crippen LogP contribution is 2.03. The molecule has 84 valence electrons. The van der Waals surface area contributed by atoms with Gasteiger partial charge in [0.1, 0.15) is 6.04 Å². The summed E-state index contributed by atoms with van der Waals surface area (Å²) in [6.45, 7) is 3.59. The Bertz CT molecular complexity index is 290.